The molecule has 2 fully saturated rings. The molecule has 0 atom stereocenters. The second kappa shape index (κ2) is 12.3. The molecule has 0 aromatic rings. The van der Waals surface area contributed by atoms with Crippen LogP contribution in [-0.2, 0) is 48.0 Å². The Morgan fingerprint density at radius 2 is 1.09 bits per heavy atom. The summed E-state index contributed by atoms with van der Waals surface area (Å²) in [7, 11) is 0. The van der Waals surface area contributed by atoms with Gasteiger partial charge in [-0.15, -0.1) is 10.1 Å². The third kappa shape index (κ3) is 7.91. The highest BCUT2D eigenvalue weighted by Gasteiger charge is 2.33. The van der Waals surface area contributed by atoms with E-state index in [0.29, 0.717) is 15.7 Å². The molecule has 176 valence electrons. The van der Waals surface area contributed by atoms with Gasteiger partial charge in [-0.1, -0.05) is 6.58 Å². The molecule has 2 aliphatic heterocycles. The van der Waals surface area contributed by atoms with E-state index in [1.807, 2.05) is 0 Å². The fourth-order valence-electron chi connectivity index (χ4n) is 2.59. The summed E-state index contributed by atoms with van der Waals surface area (Å²) < 4.78 is 4.97. The maximum absolute atomic E-state index is 11.7. The van der Waals surface area contributed by atoms with Gasteiger partial charge in [-0.25, -0.2) is 9.59 Å². The predicted molar refractivity (Wildman–Crippen MR) is 101 cm³/mol. The first-order valence-electron chi connectivity index (χ1n) is 9.63. The Hall–Kier alpha value is -3.61. The zero-order valence-corrected chi connectivity index (χ0v) is 17.3. The molecule has 0 spiro atoms. The highest BCUT2D eigenvalue weighted by Crippen LogP contribution is 2.15. The molecule has 0 bridgehead atoms. The SMILES string of the molecule is C=C(CCC(=O)ON1C(=O)CCC1=O)COC(=O)CCCC(=O)ON1C(=O)CCC1=O.O. The lowest BCUT2D eigenvalue weighted by molar-refractivity contribution is -0.197. The third-order valence-electron chi connectivity index (χ3n) is 4.28. The van der Waals surface area contributed by atoms with Crippen LogP contribution in [0.3, 0.4) is 0 Å². The summed E-state index contributed by atoms with van der Waals surface area (Å²) in [4.78, 5) is 89.8. The third-order valence-corrected chi connectivity index (χ3v) is 4.28. The van der Waals surface area contributed by atoms with Crippen LogP contribution >= 0.6 is 0 Å². The van der Waals surface area contributed by atoms with Crippen LogP contribution in [0.5, 0.6) is 0 Å². The number of amides is 4. The Labute approximate surface area is 182 Å². The monoisotopic (exact) mass is 456 g/mol. The molecule has 4 amide bonds. The number of ether oxygens (including phenoxy) is 1. The minimum Gasteiger partial charge on any atom is -0.461 e. The second-order valence-electron chi connectivity index (χ2n) is 6.85. The number of hydrogen-bond acceptors (Lipinski definition) is 10. The van der Waals surface area contributed by atoms with E-state index in [9.17, 15) is 33.6 Å². The summed E-state index contributed by atoms with van der Waals surface area (Å²) in [6, 6.07) is 0. The van der Waals surface area contributed by atoms with E-state index in [1.165, 1.54) is 0 Å². The molecule has 2 saturated heterocycles. The molecule has 2 heterocycles. The Balaban J connectivity index is 0.00000512. The molecule has 13 nitrogen and oxygen atoms in total. The molecule has 2 aliphatic rings. The van der Waals surface area contributed by atoms with Gasteiger partial charge in [0.05, 0.1) is 6.42 Å². The quantitative estimate of drug-likeness (QED) is 0.221. The topological polar surface area (TPSA) is 185 Å². The lowest BCUT2D eigenvalue weighted by atomic mass is 10.2. The van der Waals surface area contributed by atoms with Crippen molar-refractivity contribution < 1.29 is 53.4 Å². The van der Waals surface area contributed by atoms with Crippen LogP contribution in [0.15, 0.2) is 12.2 Å². The summed E-state index contributed by atoms with van der Waals surface area (Å²) >= 11 is 0. The smallest absolute Gasteiger partial charge is 0.333 e. The lowest BCUT2D eigenvalue weighted by Crippen LogP contribution is -2.32. The first-order valence-corrected chi connectivity index (χ1v) is 9.63. The van der Waals surface area contributed by atoms with E-state index >= 15 is 0 Å². The highest BCUT2D eigenvalue weighted by molar-refractivity contribution is 6.02. The predicted octanol–water partition coefficient (Wildman–Crippen LogP) is -0.574. The van der Waals surface area contributed by atoms with Gasteiger partial charge in [0.25, 0.3) is 23.6 Å². The average molecular weight is 456 g/mol. The molecule has 0 saturated carbocycles. The van der Waals surface area contributed by atoms with Crippen LogP contribution in [-0.4, -0.2) is 63.7 Å². The minimum atomic E-state index is -0.811. The second-order valence-corrected chi connectivity index (χ2v) is 6.85. The standard InChI is InChI=1S/C19H22N2O10.H2O/c1-12(5-10-19(28)31-21-15(24)8-9-16(21)25)11-29-17(26)3-2-4-18(27)30-20-13(22)6-7-14(20)23;/h1-11H2;1H2. The first kappa shape index (κ1) is 26.4. The number of hydrogen-bond donors (Lipinski definition) is 0. The van der Waals surface area contributed by atoms with Crippen LogP contribution in [0.25, 0.3) is 0 Å². The largest absolute Gasteiger partial charge is 0.461 e. The summed E-state index contributed by atoms with van der Waals surface area (Å²) in [6.07, 6.45) is -0.256. The first-order chi connectivity index (χ1) is 14.7. The van der Waals surface area contributed by atoms with Gasteiger partial charge in [-0.2, -0.15) is 0 Å². The normalized spacial score (nSPS) is 15.5. The maximum Gasteiger partial charge on any atom is 0.333 e. The summed E-state index contributed by atoms with van der Waals surface area (Å²) in [5.74, 6) is -4.53. The van der Waals surface area contributed by atoms with E-state index in [0.717, 1.165) is 0 Å². The lowest BCUT2D eigenvalue weighted by Gasteiger charge is -2.13. The van der Waals surface area contributed by atoms with Gasteiger partial charge < -0.3 is 19.9 Å². The Morgan fingerprint density at radius 3 is 1.56 bits per heavy atom. The van der Waals surface area contributed by atoms with E-state index < -0.39 is 41.5 Å². The maximum atomic E-state index is 11.7. The van der Waals surface area contributed by atoms with Crippen molar-refractivity contribution in [1.82, 2.24) is 10.1 Å². The number of hydroxylamine groups is 4. The molecular formula is C19H24N2O11. The average Bonchev–Trinajstić information content (AvgIpc) is 3.21. The van der Waals surface area contributed by atoms with Gasteiger partial charge in [0, 0.05) is 38.5 Å². The van der Waals surface area contributed by atoms with Crippen molar-refractivity contribution >= 4 is 41.5 Å². The van der Waals surface area contributed by atoms with Gasteiger partial charge in [-0.3, -0.25) is 24.0 Å². The van der Waals surface area contributed by atoms with Crippen molar-refractivity contribution in [1.29, 1.82) is 0 Å². The molecule has 0 aliphatic carbocycles. The van der Waals surface area contributed by atoms with E-state index in [1.54, 1.807) is 0 Å². The highest BCUT2D eigenvalue weighted by atomic mass is 16.7. The molecule has 2 rings (SSSR count). The van der Waals surface area contributed by atoms with Gasteiger partial charge in [-0.05, 0) is 18.4 Å². The summed E-state index contributed by atoms with van der Waals surface area (Å²) in [5, 5.41) is 0.886. The number of carbonyl (C=O) groups excluding carboxylic acids is 7. The Kier molecular flexibility index (Phi) is 10.2. The van der Waals surface area contributed by atoms with Gasteiger partial charge in [0.15, 0.2) is 0 Å². The van der Waals surface area contributed by atoms with Crippen molar-refractivity contribution in [3.8, 4) is 0 Å². The molecule has 0 unspecified atom stereocenters. The van der Waals surface area contributed by atoms with Gasteiger partial charge in [0.1, 0.15) is 6.61 Å². The van der Waals surface area contributed by atoms with Crippen LogP contribution in [0.4, 0.5) is 0 Å². The number of imide groups is 2. The fraction of sp³-hybridized carbons (Fsp3) is 0.526. The van der Waals surface area contributed by atoms with E-state index in [-0.39, 0.29) is 69.9 Å². The van der Waals surface area contributed by atoms with Crippen molar-refractivity contribution in [2.24, 2.45) is 0 Å². The van der Waals surface area contributed by atoms with Crippen molar-refractivity contribution in [3.63, 3.8) is 0 Å². The number of rotatable bonds is 11. The number of esters is 1. The van der Waals surface area contributed by atoms with Crippen molar-refractivity contribution in [2.75, 3.05) is 6.61 Å². The molecule has 0 aromatic carbocycles. The summed E-state index contributed by atoms with van der Waals surface area (Å²) in [6.45, 7) is 3.51. The zero-order chi connectivity index (χ0) is 23.0. The molecule has 0 radical (unpaired) electrons. The summed E-state index contributed by atoms with van der Waals surface area (Å²) in [5.41, 5.74) is 0.412. The Morgan fingerprint density at radius 1 is 0.688 bits per heavy atom. The van der Waals surface area contributed by atoms with E-state index in [2.05, 4.69) is 11.4 Å². The van der Waals surface area contributed by atoms with Crippen molar-refractivity contribution in [3.05, 3.63) is 12.2 Å². The van der Waals surface area contributed by atoms with Gasteiger partial charge in [0.2, 0.25) is 0 Å². The number of nitrogens with zero attached hydrogens (tertiary/aromatic N) is 2. The van der Waals surface area contributed by atoms with E-state index in [4.69, 9.17) is 9.57 Å². The Bertz CT molecular complexity index is 788. The molecule has 0 aromatic heterocycles. The minimum absolute atomic E-state index is 0. The fourth-order valence-corrected chi connectivity index (χ4v) is 2.59. The molecular weight excluding hydrogens is 432 g/mol. The molecule has 32 heavy (non-hydrogen) atoms. The van der Waals surface area contributed by atoms with Crippen LogP contribution in [0.2, 0.25) is 0 Å². The number of carbonyl (C=O) groups is 7. The van der Waals surface area contributed by atoms with Crippen LogP contribution in [0, 0.1) is 0 Å². The van der Waals surface area contributed by atoms with Gasteiger partial charge >= 0.3 is 17.9 Å². The molecule has 13 heteroatoms. The molecule has 2 N–H and O–H groups in total. The van der Waals surface area contributed by atoms with Crippen LogP contribution < -0.4 is 0 Å². The van der Waals surface area contributed by atoms with Crippen LogP contribution in [0.1, 0.15) is 57.8 Å². The zero-order valence-electron chi connectivity index (χ0n) is 17.3. The van der Waals surface area contributed by atoms with Crippen molar-refractivity contribution in [2.45, 2.75) is 57.8 Å².